The molecule has 1 aliphatic rings. The Morgan fingerprint density at radius 1 is 1.31 bits per heavy atom. The molecule has 1 heterocycles. The first kappa shape index (κ1) is 20.3. The van der Waals surface area contributed by atoms with Gasteiger partial charge in [-0.25, -0.2) is 21.6 Å². The molecule has 0 bridgehead atoms. The molecule has 1 unspecified atom stereocenters. The number of nitrogens with one attached hydrogen (secondary N) is 2. The van der Waals surface area contributed by atoms with E-state index in [0.29, 0.717) is 12.0 Å². The number of amides is 1. The fourth-order valence-corrected chi connectivity index (χ4v) is 5.65. The van der Waals surface area contributed by atoms with E-state index in [1.165, 1.54) is 19.2 Å². The molecule has 9 nitrogen and oxygen atoms in total. The molecule has 2 rings (SSSR count). The number of carbonyl (C=O) groups is 2. The fourth-order valence-electron chi connectivity index (χ4n) is 2.66. The van der Waals surface area contributed by atoms with Crippen LogP contribution in [0.5, 0.6) is 0 Å². The number of esters is 1. The maximum atomic E-state index is 12.4. The van der Waals surface area contributed by atoms with Gasteiger partial charge in [0.05, 0.1) is 29.1 Å². The summed E-state index contributed by atoms with van der Waals surface area (Å²) in [6.07, 6.45) is 0.283. The van der Waals surface area contributed by atoms with Crippen LogP contribution in [0.4, 0.5) is 0 Å². The third-order valence-electron chi connectivity index (χ3n) is 4.02. The van der Waals surface area contributed by atoms with Gasteiger partial charge in [0.1, 0.15) is 0 Å². The highest BCUT2D eigenvalue weighted by Crippen LogP contribution is 2.21. The van der Waals surface area contributed by atoms with E-state index in [2.05, 4.69) is 10.2 Å². The van der Waals surface area contributed by atoms with Gasteiger partial charge in [0, 0.05) is 6.42 Å². The van der Waals surface area contributed by atoms with Crippen molar-refractivity contribution in [3.8, 4) is 0 Å². The molecule has 0 spiro atoms. The molecular weight excluding hydrogens is 384 g/mol. The van der Waals surface area contributed by atoms with E-state index in [1.807, 2.05) is 4.83 Å². The molecule has 1 atom stereocenters. The summed E-state index contributed by atoms with van der Waals surface area (Å²) in [6, 6.07) is 4.03. The number of methoxy groups -OCH3 is 1. The van der Waals surface area contributed by atoms with Crippen molar-refractivity contribution in [2.45, 2.75) is 24.7 Å². The zero-order valence-corrected chi connectivity index (χ0v) is 15.9. The lowest BCUT2D eigenvalue weighted by Gasteiger charge is -2.12. The first-order chi connectivity index (χ1) is 12.0. The fraction of sp³-hybridized carbons (Fsp3) is 0.467. The smallest absolute Gasteiger partial charge is 0.337 e. The van der Waals surface area contributed by atoms with Gasteiger partial charge >= 0.3 is 5.97 Å². The highest BCUT2D eigenvalue weighted by molar-refractivity contribution is 7.91. The topological polar surface area (TPSA) is 136 Å². The first-order valence-electron chi connectivity index (χ1n) is 7.74. The first-order valence-corrected chi connectivity index (χ1v) is 11.0. The minimum atomic E-state index is -4.11. The van der Waals surface area contributed by atoms with Crippen molar-refractivity contribution >= 4 is 31.7 Å². The van der Waals surface area contributed by atoms with Gasteiger partial charge in [-0.2, -0.15) is 0 Å². The van der Waals surface area contributed by atoms with Crippen molar-refractivity contribution in [2.24, 2.45) is 5.92 Å². The molecule has 1 aromatic rings. The number of hydrogen-bond acceptors (Lipinski definition) is 7. The third-order valence-corrected chi connectivity index (χ3v) is 7.25. The van der Waals surface area contributed by atoms with E-state index in [9.17, 15) is 26.4 Å². The number of sulfone groups is 1. The molecule has 11 heteroatoms. The molecule has 1 fully saturated rings. The Morgan fingerprint density at radius 3 is 2.58 bits per heavy atom. The van der Waals surface area contributed by atoms with Gasteiger partial charge in [-0.1, -0.05) is 6.07 Å². The molecule has 144 valence electrons. The SMILES string of the molecule is COC(=O)c1ccc(C)c(S(=O)(=O)NNC(=O)CC2CCS(=O)(=O)C2)c1. The van der Waals surface area contributed by atoms with Gasteiger partial charge < -0.3 is 4.74 Å². The number of benzene rings is 1. The van der Waals surface area contributed by atoms with Crippen LogP contribution in [-0.4, -0.2) is 47.3 Å². The Balaban J connectivity index is 2.04. The van der Waals surface area contributed by atoms with Crippen LogP contribution in [0.1, 0.15) is 28.8 Å². The molecule has 1 saturated heterocycles. The predicted molar refractivity (Wildman–Crippen MR) is 92.4 cm³/mol. The van der Waals surface area contributed by atoms with Crippen molar-refractivity contribution < 1.29 is 31.2 Å². The van der Waals surface area contributed by atoms with Crippen LogP contribution in [-0.2, 0) is 29.4 Å². The summed E-state index contributed by atoms with van der Waals surface area (Å²) in [5, 5.41) is 0. The average molecular weight is 404 g/mol. The quantitative estimate of drug-likeness (QED) is 0.500. The van der Waals surface area contributed by atoms with Gasteiger partial charge in [0.2, 0.25) is 5.91 Å². The van der Waals surface area contributed by atoms with Gasteiger partial charge in [-0.3, -0.25) is 10.2 Å². The molecule has 1 amide bonds. The number of aryl methyl sites for hydroxylation is 1. The summed E-state index contributed by atoms with van der Waals surface area (Å²) in [5.41, 5.74) is 2.51. The molecule has 2 N–H and O–H groups in total. The molecule has 0 saturated carbocycles. The van der Waals surface area contributed by atoms with Gasteiger partial charge in [-0.15, -0.1) is 4.83 Å². The zero-order valence-electron chi connectivity index (χ0n) is 14.3. The van der Waals surface area contributed by atoms with Crippen LogP contribution in [0.3, 0.4) is 0 Å². The molecule has 1 aliphatic heterocycles. The number of hydrogen-bond donors (Lipinski definition) is 2. The predicted octanol–water partition coefficient (Wildman–Crippen LogP) is -0.0841. The lowest BCUT2D eigenvalue weighted by molar-refractivity contribution is -0.122. The molecule has 1 aromatic carbocycles. The Labute approximate surface area is 152 Å². The van der Waals surface area contributed by atoms with Gasteiger partial charge in [-0.05, 0) is 37.0 Å². The van der Waals surface area contributed by atoms with E-state index >= 15 is 0 Å². The summed E-state index contributed by atoms with van der Waals surface area (Å²) >= 11 is 0. The highest BCUT2D eigenvalue weighted by atomic mass is 32.2. The Hall–Kier alpha value is -1.98. The number of carbonyl (C=O) groups excluding carboxylic acids is 2. The van der Waals surface area contributed by atoms with Crippen molar-refractivity contribution in [1.29, 1.82) is 0 Å². The number of rotatable bonds is 6. The third kappa shape index (κ3) is 5.02. The van der Waals surface area contributed by atoms with Crippen LogP contribution in [0.2, 0.25) is 0 Å². The summed E-state index contributed by atoms with van der Waals surface area (Å²) in [5.74, 6) is -1.68. The monoisotopic (exact) mass is 404 g/mol. The standard InChI is InChI=1S/C15H20N2O7S2/c1-10-3-4-12(15(19)24-2)8-13(10)26(22,23)17-16-14(18)7-11-5-6-25(20,21)9-11/h3-4,8,11,17H,5-7,9H2,1-2H3,(H,16,18). The Kier molecular flexibility index (Phi) is 6.04. The van der Waals surface area contributed by atoms with Crippen molar-refractivity contribution in [2.75, 3.05) is 18.6 Å². The van der Waals surface area contributed by atoms with Crippen LogP contribution in [0.25, 0.3) is 0 Å². The van der Waals surface area contributed by atoms with Crippen LogP contribution >= 0.6 is 0 Å². The van der Waals surface area contributed by atoms with E-state index in [4.69, 9.17) is 0 Å². The summed E-state index contributed by atoms with van der Waals surface area (Å²) in [6.45, 7) is 1.54. The number of hydrazine groups is 1. The summed E-state index contributed by atoms with van der Waals surface area (Å²) in [4.78, 5) is 25.2. The maximum Gasteiger partial charge on any atom is 0.337 e. The van der Waals surface area contributed by atoms with Crippen molar-refractivity contribution in [3.05, 3.63) is 29.3 Å². The second kappa shape index (κ2) is 7.72. The van der Waals surface area contributed by atoms with Crippen LogP contribution < -0.4 is 10.3 Å². The molecule has 0 aromatic heterocycles. The minimum absolute atomic E-state index is 0.0379. The average Bonchev–Trinajstić information content (AvgIpc) is 2.91. The number of ether oxygens (including phenoxy) is 1. The largest absolute Gasteiger partial charge is 0.465 e. The second-order valence-corrected chi connectivity index (χ2v) is 9.98. The normalized spacial score (nSPS) is 19.1. The minimum Gasteiger partial charge on any atom is -0.465 e. The Morgan fingerprint density at radius 2 is 2.00 bits per heavy atom. The lowest BCUT2D eigenvalue weighted by atomic mass is 10.1. The van der Waals surface area contributed by atoms with Crippen molar-refractivity contribution in [1.82, 2.24) is 10.3 Å². The molecule has 0 aliphatic carbocycles. The lowest BCUT2D eigenvalue weighted by Crippen LogP contribution is -2.42. The van der Waals surface area contributed by atoms with E-state index in [0.717, 1.165) is 6.07 Å². The molecular formula is C15H20N2O7S2. The molecule has 26 heavy (non-hydrogen) atoms. The highest BCUT2D eigenvalue weighted by Gasteiger charge is 2.29. The van der Waals surface area contributed by atoms with E-state index in [1.54, 1.807) is 6.92 Å². The van der Waals surface area contributed by atoms with E-state index in [-0.39, 0.29) is 34.3 Å². The van der Waals surface area contributed by atoms with Gasteiger partial charge in [0.15, 0.2) is 9.84 Å². The maximum absolute atomic E-state index is 12.4. The summed E-state index contributed by atoms with van der Waals surface area (Å²) in [7, 11) is -6.05. The zero-order chi connectivity index (χ0) is 19.5. The summed E-state index contributed by atoms with van der Waals surface area (Å²) < 4.78 is 52.1. The number of sulfonamides is 1. The Bertz CT molecular complexity index is 923. The molecule has 0 radical (unpaired) electrons. The van der Waals surface area contributed by atoms with Gasteiger partial charge in [0.25, 0.3) is 10.0 Å². The second-order valence-electron chi connectivity index (χ2n) is 6.10. The van der Waals surface area contributed by atoms with Crippen molar-refractivity contribution in [3.63, 3.8) is 0 Å². The van der Waals surface area contributed by atoms with Crippen LogP contribution in [0, 0.1) is 12.8 Å². The van der Waals surface area contributed by atoms with Crippen LogP contribution in [0.15, 0.2) is 23.1 Å². The van der Waals surface area contributed by atoms with E-state index < -0.39 is 31.7 Å².